The predicted octanol–water partition coefficient (Wildman–Crippen LogP) is 3.23. The summed E-state index contributed by atoms with van der Waals surface area (Å²) in [7, 11) is -3.45. The molecule has 0 bridgehead atoms. The first-order valence-corrected chi connectivity index (χ1v) is 9.98. The van der Waals surface area contributed by atoms with Gasteiger partial charge in [0.15, 0.2) is 0 Å². The molecule has 0 unspecified atom stereocenters. The molecule has 1 aliphatic rings. The van der Waals surface area contributed by atoms with Crippen LogP contribution in [0, 0.1) is 0 Å². The van der Waals surface area contributed by atoms with E-state index in [4.69, 9.17) is 0 Å². The molecule has 20 heavy (non-hydrogen) atoms. The largest absolute Gasteiger partial charge is 0.312 e. The van der Waals surface area contributed by atoms with E-state index in [1.807, 2.05) is 13.8 Å². The van der Waals surface area contributed by atoms with Gasteiger partial charge in [-0.2, -0.15) is 0 Å². The highest BCUT2D eigenvalue weighted by Gasteiger charge is 2.34. The quantitative estimate of drug-likeness (QED) is 0.796. The second-order valence-electron chi connectivity index (χ2n) is 5.50. The van der Waals surface area contributed by atoms with Crippen LogP contribution in [0.1, 0.15) is 44.4 Å². The zero-order valence-electron chi connectivity index (χ0n) is 11.8. The lowest BCUT2D eigenvalue weighted by atomic mass is 10.0. The van der Waals surface area contributed by atoms with Crippen molar-refractivity contribution in [1.29, 1.82) is 0 Å². The van der Waals surface area contributed by atoms with Gasteiger partial charge in [0, 0.05) is 17.0 Å². The first kappa shape index (κ1) is 16.4. The molecule has 2 rings (SSSR count). The second kappa shape index (κ2) is 6.44. The van der Waals surface area contributed by atoms with Crippen LogP contribution < -0.4 is 10.0 Å². The summed E-state index contributed by atoms with van der Waals surface area (Å²) in [4.78, 5) is 1.39. The van der Waals surface area contributed by atoms with Crippen LogP contribution in [-0.2, 0) is 16.6 Å². The van der Waals surface area contributed by atoms with Crippen LogP contribution in [0.4, 0.5) is 0 Å². The van der Waals surface area contributed by atoms with E-state index in [0.717, 1.165) is 37.1 Å². The van der Waals surface area contributed by atoms with Gasteiger partial charge in [0.25, 0.3) is 0 Å². The number of hydrogen-bond acceptors (Lipinski definition) is 4. The zero-order valence-corrected chi connectivity index (χ0v) is 15.0. The fourth-order valence-corrected chi connectivity index (χ4v) is 6.67. The summed E-state index contributed by atoms with van der Waals surface area (Å²) < 4.78 is 28.7. The van der Waals surface area contributed by atoms with Crippen LogP contribution in [0.15, 0.2) is 14.7 Å². The molecule has 0 amide bonds. The van der Waals surface area contributed by atoms with Gasteiger partial charge < -0.3 is 5.32 Å². The molecule has 1 saturated carbocycles. The van der Waals surface area contributed by atoms with Gasteiger partial charge in [0.1, 0.15) is 4.90 Å². The normalized spacial score (nSPS) is 18.6. The Morgan fingerprint density at radius 2 is 2.05 bits per heavy atom. The van der Waals surface area contributed by atoms with Crippen molar-refractivity contribution in [2.24, 2.45) is 0 Å². The van der Waals surface area contributed by atoms with Crippen molar-refractivity contribution in [2.45, 2.75) is 56.5 Å². The number of nitrogens with one attached hydrogen (secondary N) is 2. The molecule has 1 aliphatic carbocycles. The van der Waals surface area contributed by atoms with Crippen molar-refractivity contribution in [1.82, 2.24) is 10.0 Å². The molecule has 7 heteroatoms. The van der Waals surface area contributed by atoms with E-state index in [2.05, 4.69) is 26.0 Å². The lowest BCUT2D eigenvalue weighted by molar-refractivity contribution is 0.427. The van der Waals surface area contributed by atoms with Gasteiger partial charge in [0.05, 0.1) is 3.79 Å². The van der Waals surface area contributed by atoms with Gasteiger partial charge in [-0.25, -0.2) is 13.1 Å². The van der Waals surface area contributed by atoms with Gasteiger partial charge >= 0.3 is 0 Å². The maximum absolute atomic E-state index is 12.5. The molecular formula is C13H21BrN2O2S2. The van der Waals surface area contributed by atoms with Crippen LogP contribution in [-0.4, -0.2) is 20.5 Å². The fourth-order valence-electron chi connectivity index (χ4n) is 2.55. The number of rotatable bonds is 6. The smallest absolute Gasteiger partial charge is 0.243 e. The average Bonchev–Trinajstić information content (AvgIpc) is 2.93. The lowest BCUT2D eigenvalue weighted by Crippen LogP contribution is -2.43. The molecule has 1 fully saturated rings. The number of hydrogen-bond donors (Lipinski definition) is 2. The molecule has 2 N–H and O–H groups in total. The molecule has 0 radical (unpaired) electrons. The Morgan fingerprint density at radius 1 is 1.40 bits per heavy atom. The Morgan fingerprint density at radius 3 is 2.65 bits per heavy atom. The lowest BCUT2D eigenvalue weighted by Gasteiger charge is -2.24. The maximum Gasteiger partial charge on any atom is 0.243 e. The molecule has 114 valence electrons. The highest BCUT2D eigenvalue weighted by molar-refractivity contribution is 9.11. The summed E-state index contributed by atoms with van der Waals surface area (Å²) in [5, 5.41) is 3.21. The molecule has 0 spiro atoms. The van der Waals surface area contributed by atoms with Crippen molar-refractivity contribution < 1.29 is 8.42 Å². The van der Waals surface area contributed by atoms with Gasteiger partial charge in [-0.05, 0) is 48.3 Å². The summed E-state index contributed by atoms with van der Waals surface area (Å²) in [5.74, 6) is 0. The summed E-state index contributed by atoms with van der Waals surface area (Å²) >= 11 is 4.86. The molecule has 0 saturated heterocycles. The number of halogens is 1. The minimum atomic E-state index is -3.45. The van der Waals surface area contributed by atoms with Gasteiger partial charge in [-0.3, -0.25) is 0 Å². The topological polar surface area (TPSA) is 58.2 Å². The van der Waals surface area contributed by atoms with E-state index in [1.54, 1.807) is 6.07 Å². The SMILES string of the molecule is CCNCc1cc(S(=O)(=O)NC2(C)CCCC2)c(Br)s1. The van der Waals surface area contributed by atoms with Gasteiger partial charge in [-0.15, -0.1) is 11.3 Å². The Balaban J connectivity index is 2.18. The minimum absolute atomic E-state index is 0.290. The Hall–Kier alpha value is 0.0500. The van der Waals surface area contributed by atoms with Gasteiger partial charge in [-0.1, -0.05) is 19.8 Å². The first-order valence-electron chi connectivity index (χ1n) is 6.89. The monoisotopic (exact) mass is 380 g/mol. The summed E-state index contributed by atoms with van der Waals surface area (Å²) in [6, 6.07) is 1.76. The minimum Gasteiger partial charge on any atom is -0.312 e. The summed E-state index contributed by atoms with van der Waals surface area (Å²) in [5.41, 5.74) is -0.290. The molecule has 1 aromatic rings. The fraction of sp³-hybridized carbons (Fsp3) is 0.692. The molecule has 1 heterocycles. The molecule has 0 aliphatic heterocycles. The number of sulfonamides is 1. The highest BCUT2D eigenvalue weighted by Crippen LogP contribution is 2.35. The highest BCUT2D eigenvalue weighted by atomic mass is 79.9. The Kier molecular flexibility index (Phi) is 5.29. The summed E-state index contributed by atoms with van der Waals surface area (Å²) in [6.45, 7) is 5.60. The van der Waals surface area contributed by atoms with E-state index in [0.29, 0.717) is 15.2 Å². The van der Waals surface area contributed by atoms with Crippen molar-refractivity contribution in [3.63, 3.8) is 0 Å². The van der Waals surface area contributed by atoms with E-state index < -0.39 is 10.0 Å². The van der Waals surface area contributed by atoms with Crippen LogP contribution in [0.3, 0.4) is 0 Å². The van der Waals surface area contributed by atoms with Crippen LogP contribution in [0.25, 0.3) is 0 Å². The molecule has 1 aromatic heterocycles. The predicted molar refractivity (Wildman–Crippen MR) is 86.6 cm³/mol. The standard InChI is InChI=1S/C13H21BrN2O2S2/c1-3-15-9-10-8-11(12(14)19-10)20(17,18)16-13(2)6-4-5-7-13/h8,15-16H,3-7,9H2,1-2H3. The van der Waals surface area contributed by atoms with Crippen LogP contribution in [0.2, 0.25) is 0 Å². The molecule has 0 aromatic carbocycles. The third-order valence-corrected chi connectivity index (χ3v) is 7.52. The molecular weight excluding hydrogens is 360 g/mol. The van der Waals surface area contributed by atoms with Gasteiger partial charge in [0.2, 0.25) is 10.0 Å². The Bertz CT molecular complexity index is 563. The van der Waals surface area contributed by atoms with E-state index in [9.17, 15) is 8.42 Å². The first-order chi connectivity index (χ1) is 9.36. The zero-order chi connectivity index (χ0) is 14.8. The maximum atomic E-state index is 12.5. The van der Waals surface area contributed by atoms with Crippen molar-refractivity contribution >= 4 is 37.3 Å². The number of thiophene rings is 1. The Labute approximate surface area is 133 Å². The van der Waals surface area contributed by atoms with E-state index in [-0.39, 0.29) is 5.54 Å². The van der Waals surface area contributed by atoms with E-state index >= 15 is 0 Å². The van der Waals surface area contributed by atoms with Crippen LogP contribution in [0.5, 0.6) is 0 Å². The average molecular weight is 381 g/mol. The third-order valence-electron chi connectivity index (χ3n) is 3.63. The van der Waals surface area contributed by atoms with Crippen molar-refractivity contribution in [3.8, 4) is 0 Å². The summed E-state index contributed by atoms with van der Waals surface area (Å²) in [6.07, 6.45) is 4.02. The van der Waals surface area contributed by atoms with Crippen molar-refractivity contribution in [2.75, 3.05) is 6.54 Å². The van der Waals surface area contributed by atoms with Crippen LogP contribution >= 0.6 is 27.3 Å². The second-order valence-corrected chi connectivity index (χ2v) is 9.61. The molecule has 4 nitrogen and oxygen atoms in total. The molecule has 0 atom stereocenters. The van der Waals surface area contributed by atoms with Crippen molar-refractivity contribution in [3.05, 3.63) is 14.7 Å². The third kappa shape index (κ3) is 3.82. The van der Waals surface area contributed by atoms with E-state index in [1.165, 1.54) is 11.3 Å².